The Bertz CT molecular complexity index is 2160. The molecule has 0 N–H and O–H groups in total. The lowest BCUT2D eigenvalue weighted by atomic mass is 10.0. The molecule has 2 heteroatoms. The first-order chi connectivity index (χ1) is 23.1. The summed E-state index contributed by atoms with van der Waals surface area (Å²) in [5.41, 5.74) is 14.5. The van der Waals surface area contributed by atoms with Crippen LogP contribution >= 0.6 is 0 Å². The van der Waals surface area contributed by atoms with Crippen LogP contribution in [0, 0.1) is 0 Å². The molecule has 47 heavy (non-hydrogen) atoms. The zero-order valence-corrected chi connectivity index (χ0v) is 27.3. The maximum atomic E-state index is 4.17. The fraction of sp³-hybridized carbons (Fsp3) is 0.0667. The number of benzene rings is 4. The Balaban J connectivity index is 1.38. The van der Waals surface area contributed by atoms with E-state index < -0.39 is 0 Å². The van der Waals surface area contributed by atoms with Crippen LogP contribution in [0.1, 0.15) is 54.0 Å². The van der Waals surface area contributed by atoms with E-state index >= 15 is 0 Å². The number of aromatic nitrogens is 2. The topological polar surface area (TPSA) is 9.86 Å². The molecule has 0 aliphatic heterocycles. The normalized spacial score (nSPS) is 11.4. The van der Waals surface area contributed by atoms with Gasteiger partial charge in [0.2, 0.25) is 0 Å². The Kier molecular flexibility index (Phi) is 9.04. The van der Waals surface area contributed by atoms with E-state index in [1.165, 1.54) is 11.1 Å². The van der Waals surface area contributed by atoms with Gasteiger partial charge in [0.05, 0.1) is 22.6 Å². The molecule has 2 nitrogen and oxygen atoms in total. The zero-order valence-electron chi connectivity index (χ0n) is 27.3. The van der Waals surface area contributed by atoms with Gasteiger partial charge in [0.1, 0.15) is 0 Å². The molecule has 2 heterocycles. The maximum absolute atomic E-state index is 4.17. The predicted molar refractivity (Wildman–Crippen MR) is 208 cm³/mol. The van der Waals surface area contributed by atoms with Crippen molar-refractivity contribution in [3.05, 3.63) is 169 Å². The minimum absolute atomic E-state index is 0.963. The molecule has 4 aromatic carbocycles. The van der Waals surface area contributed by atoms with Gasteiger partial charge in [-0.2, -0.15) is 0 Å². The van der Waals surface area contributed by atoms with Crippen molar-refractivity contribution in [1.82, 2.24) is 9.13 Å². The minimum atomic E-state index is 0.963. The summed E-state index contributed by atoms with van der Waals surface area (Å²) < 4.78 is 4.54. The van der Waals surface area contributed by atoms with Gasteiger partial charge in [0.25, 0.3) is 0 Å². The average molecular weight is 609 g/mol. The van der Waals surface area contributed by atoms with Crippen LogP contribution < -0.4 is 0 Å². The Labute approximate surface area is 279 Å². The lowest BCUT2D eigenvalue weighted by molar-refractivity contribution is 1.04. The lowest BCUT2D eigenvalue weighted by Gasteiger charge is -2.13. The fourth-order valence-corrected chi connectivity index (χ4v) is 6.52. The summed E-state index contributed by atoms with van der Waals surface area (Å²) in [6, 6.07) is 34.6. The Morgan fingerprint density at radius 2 is 1.09 bits per heavy atom. The zero-order chi connectivity index (χ0) is 32.9. The van der Waals surface area contributed by atoms with E-state index in [-0.39, 0.29) is 0 Å². The molecule has 0 bridgehead atoms. The maximum Gasteiger partial charge on any atom is 0.0541 e. The van der Waals surface area contributed by atoms with Crippen molar-refractivity contribution in [2.45, 2.75) is 20.3 Å². The van der Waals surface area contributed by atoms with Crippen molar-refractivity contribution < 1.29 is 0 Å². The molecular formula is C45H40N2. The summed E-state index contributed by atoms with van der Waals surface area (Å²) in [4.78, 5) is 0. The molecule has 0 aliphatic rings. The smallest absolute Gasteiger partial charge is 0.0541 e. The summed E-state index contributed by atoms with van der Waals surface area (Å²) in [5, 5.41) is 1.16. The van der Waals surface area contributed by atoms with Gasteiger partial charge in [0.15, 0.2) is 0 Å². The van der Waals surface area contributed by atoms with Crippen LogP contribution in [0.25, 0.3) is 81.0 Å². The molecule has 230 valence electrons. The molecule has 2 aromatic heterocycles. The second-order valence-electron chi connectivity index (χ2n) is 11.4. The van der Waals surface area contributed by atoms with Crippen molar-refractivity contribution in [3.63, 3.8) is 0 Å². The van der Waals surface area contributed by atoms with Crippen molar-refractivity contribution >= 4 is 47.4 Å². The molecular weight excluding hydrogens is 569 g/mol. The van der Waals surface area contributed by atoms with Crippen molar-refractivity contribution in [2.24, 2.45) is 0 Å². The highest BCUT2D eigenvalue weighted by atomic mass is 15.0. The van der Waals surface area contributed by atoms with E-state index in [0.29, 0.717) is 0 Å². The van der Waals surface area contributed by atoms with Gasteiger partial charge in [-0.05, 0) is 90.2 Å². The van der Waals surface area contributed by atoms with Gasteiger partial charge in [-0.3, -0.25) is 0 Å². The Hall–Kier alpha value is -5.86. The number of hydrogen-bond donors (Lipinski definition) is 0. The van der Waals surface area contributed by atoms with Crippen LogP contribution in [0.5, 0.6) is 0 Å². The van der Waals surface area contributed by atoms with Gasteiger partial charge in [0, 0.05) is 33.5 Å². The molecule has 0 atom stereocenters. The SMILES string of the molecule is C=Cc1c(/C=C\CC)c(C=C)n(-c2ccc(-c3ccc(-n4c(C=C)c(C=C)c5cc(-c6ccccc6)ccc54)cc3)cc2)c1/C=C\C. The van der Waals surface area contributed by atoms with Gasteiger partial charge in [-0.1, -0.05) is 124 Å². The molecule has 0 radical (unpaired) electrons. The van der Waals surface area contributed by atoms with Crippen LogP contribution in [0.4, 0.5) is 0 Å². The van der Waals surface area contributed by atoms with Crippen LogP contribution in [0.15, 0.2) is 136 Å². The molecule has 0 amide bonds. The van der Waals surface area contributed by atoms with E-state index in [1.54, 1.807) is 0 Å². The molecule has 0 unspecified atom stereocenters. The van der Waals surface area contributed by atoms with E-state index in [9.17, 15) is 0 Å². The number of rotatable bonds is 11. The van der Waals surface area contributed by atoms with E-state index in [0.717, 1.165) is 73.6 Å². The van der Waals surface area contributed by atoms with E-state index in [4.69, 9.17) is 0 Å². The summed E-state index contributed by atoms with van der Waals surface area (Å²) >= 11 is 0. The van der Waals surface area contributed by atoms with Gasteiger partial charge in [-0.15, -0.1) is 0 Å². The van der Waals surface area contributed by atoms with Crippen molar-refractivity contribution in [3.8, 4) is 33.6 Å². The van der Waals surface area contributed by atoms with Crippen LogP contribution in [0.2, 0.25) is 0 Å². The first kappa shape index (κ1) is 31.1. The number of allylic oxidation sites excluding steroid dienone is 2. The molecule has 0 saturated carbocycles. The number of nitrogens with zero attached hydrogens (tertiary/aromatic N) is 2. The summed E-state index contributed by atoms with van der Waals surface area (Å²) in [5.74, 6) is 0. The van der Waals surface area contributed by atoms with Crippen LogP contribution in [-0.2, 0) is 0 Å². The Morgan fingerprint density at radius 1 is 0.532 bits per heavy atom. The third-order valence-corrected chi connectivity index (χ3v) is 8.70. The molecule has 6 aromatic rings. The second-order valence-corrected chi connectivity index (χ2v) is 11.4. The molecule has 0 spiro atoms. The first-order valence-corrected chi connectivity index (χ1v) is 16.1. The van der Waals surface area contributed by atoms with Gasteiger partial charge < -0.3 is 9.13 Å². The summed E-state index contributed by atoms with van der Waals surface area (Å²) in [6.45, 7) is 20.8. The highest BCUT2D eigenvalue weighted by Gasteiger charge is 2.18. The summed E-state index contributed by atoms with van der Waals surface area (Å²) in [7, 11) is 0. The summed E-state index contributed by atoms with van der Waals surface area (Å²) in [6.07, 6.45) is 17.3. The molecule has 0 aliphatic carbocycles. The number of hydrogen-bond acceptors (Lipinski definition) is 0. The fourth-order valence-electron chi connectivity index (χ4n) is 6.52. The quantitative estimate of drug-likeness (QED) is 0.138. The predicted octanol–water partition coefficient (Wildman–Crippen LogP) is 12.8. The lowest BCUT2D eigenvalue weighted by Crippen LogP contribution is -2.00. The van der Waals surface area contributed by atoms with Crippen LogP contribution in [0.3, 0.4) is 0 Å². The molecule has 0 saturated heterocycles. The van der Waals surface area contributed by atoms with Crippen LogP contribution in [-0.4, -0.2) is 9.13 Å². The van der Waals surface area contributed by atoms with Crippen molar-refractivity contribution in [1.29, 1.82) is 0 Å². The highest BCUT2D eigenvalue weighted by Crippen LogP contribution is 2.36. The van der Waals surface area contributed by atoms with E-state index in [2.05, 4.69) is 158 Å². The van der Waals surface area contributed by atoms with Gasteiger partial charge >= 0.3 is 0 Å². The third-order valence-electron chi connectivity index (χ3n) is 8.70. The number of fused-ring (bicyclic) bond motifs is 1. The largest absolute Gasteiger partial charge is 0.309 e. The minimum Gasteiger partial charge on any atom is -0.309 e. The Morgan fingerprint density at radius 3 is 1.64 bits per heavy atom. The average Bonchev–Trinajstić information content (AvgIpc) is 3.61. The van der Waals surface area contributed by atoms with Gasteiger partial charge in [-0.25, -0.2) is 0 Å². The molecule has 0 fully saturated rings. The first-order valence-electron chi connectivity index (χ1n) is 16.1. The second kappa shape index (κ2) is 13.6. The monoisotopic (exact) mass is 608 g/mol. The standard InChI is InChI=1S/C45H40N2/c1-7-13-20-40-38(9-3)44(17-8-2)47(43(40)12-6)37-28-23-34(24-29-37)33-21-26-36(27-22-33)46-42(11-5)39(10-4)41-31-35(25-30-45(41)46)32-18-15-14-16-19-32/h8-31H,3-7H2,1-2H3/b17-8-,20-13-. The third kappa shape index (κ3) is 5.60. The molecule has 6 rings (SSSR count). The highest BCUT2D eigenvalue weighted by molar-refractivity contribution is 5.97. The van der Waals surface area contributed by atoms with Crippen molar-refractivity contribution in [2.75, 3.05) is 0 Å². The van der Waals surface area contributed by atoms with E-state index in [1.807, 2.05) is 37.3 Å².